The van der Waals surface area contributed by atoms with Crippen LogP contribution in [0.3, 0.4) is 0 Å². The molecular weight excluding hydrogens is 624 g/mol. The molecule has 0 radical (unpaired) electrons. The fraction of sp³-hybridized carbons (Fsp3) is 0.395. The SMILES string of the molecule is COc1c(C)cc2c(c1O)[C@@H]1C3Cc4c(OC(C)=O)c(C)c5c(c4[C@H](CNC(=O)/C=C/c4cccc(C)c4)N3[C@@H](C#N)[C@H](C2)N1C)OCO5. The first kappa shape index (κ1) is 32.5. The van der Waals surface area contributed by atoms with Crippen LogP contribution < -0.4 is 24.3 Å². The molecule has 11 nitrogen and oxygen atoms in total. The van der Waals surface area contributed by atoms with Crippen molar-refractivity contribution in [1.82, 2.24) is 15.1 Å². The molecule has 0 saturated carbocycles. The van der Waals surface area contributed by atoms with E-state index in [1.54, 1.807) is 13.2 Å². The molecule has 1 unspecified atom stereocenters. The number of phenolic OH excluding ortho intramolecular Hbond substituents is 1. The van der Waals surface area contributed by atoms with Crippen LogP contribution in [0.5, 0.6) is 28.7 Å². The second-order valence-corrected chi connectivity index (χ2v) is 13.3. The van der Waals surface area contributed by atoms with Gasteiger partial charge in [-0.25, -0.2) is 0 Å². The fourth-order valence-corrected chi connectivity index (χ4v) is 8.51. The van der Waals surface area contributed by atoms with E-state index in [0.29, 0.717) is 41.4 Å². The van der Waals surface area contributed by atoms with E-state index >= 15 is 0 Å². The monoisotopic (exact) mass is 664 g/mol. The summed E-state index contributed by atoms with van der Waals surface area (Å²) in [5.41, 5.74) is 6.66. The van der Waals surface area contributed by atoms with Crippen molar-refractivity contribution >= 4 is 18.0 Å². The van der Waals surface area contributed by atoms with Gasteiger partial charge in [-0.15, -0.1) is 0 Å². The predicted octanol–water partition coefficient (Wildman–Crippen LogP) is 4.58. The van der Waals surface area contributed by atoms with Gasteiger partial charge in [0.15, 0.2) is 23.0 Å². The van der Waals surface area contributed by atoms with Gasteiger partial charge in [0.2, 0.25) is 12.7 Å². The number of phenols is 1. The maximum atomic E-state index is 13.4. The van der Waals surface area contributed by atoms with Gasteiger partial charge < -0.3 is 29.4 Å². The Morgan fingerprint density at radius 2 is 1.88 bits per heavy atom. The minimum Gasteiger partial charge on any atom is -0.504 e. The van der Waals surface area contributed by atoms with E-state index in [-0.39, 0.29) is 43.1 Å². The normalized spacial score (nSPS) is 23.7. The molecule has 7 rings (SSSR count). The zero-order valence-corrected chi connectivity index (χ0v) is 28.5. The first-order valence-electron chi connectivity index (χ1n) is 16.5. The van der Waals surface area contributed by atoms with Crippen LogP contribution in [0.4, 0.5) is 0 Å². The summed E-state index contributed by atoms with van der Waals surface area (Å²) in [5.74, 6) is 1.13. The number of likely N-dealkylation sites (N-methyl/N-ethyl adjacent to an activating group) is 1. The molecule has 1 amide bonds. The third-order valence-corrected chi connectivity index (χ3v) is 10.5. The van der Waals surface area contributed by atoms with E-state index in [4.69, 9.17) is 18.9 Å². The average Bonchev–Trinajstić information content (AvgIpc) is 3.55. The third kappa shape index (κ3) is 5.27. The molecule has 3 aromatic carbocycles. The third-order valence-electron chi connectivity index (χ3n) is 10.5. The number of nitriles is 1. The highest BCUT2D eigenvalue weighted by Gasteiger charge is 2.56. The number of amides is 1. The van der Waals surface area contributed by atoms with Gasteiger partial charge in [-0.2, -0.15) is 5.26 Å². The second-order valence-electron chi connectivity index (χ2n) is 13.3. The van der Waals surface area contributed by atoms with Crippen molar-refractivity contribution in [2.75, 3.05) is 27.5 Å². The summed E-state index contributed by atoms with van der Waals surface area (Å²) < 4.78 is 23.6. The highest BCUT2D eigenvalue weighted by atomic mass is 16.7. The van der Waals surface area contributed by atoms with E-state index in [1.165, 1.54) is 13.0 Å². The Morgan fingerprint density at radius 1 is 1.10 bits per heavy atom. The van der Waals surface area contributed by atoms with E-state index < -0.39 is 18.1 Å². The number of rotatable bonds is 6. The summed E-state index contributed by atoms with van der Waals surface area (Å²) in [6.07, 6.45) is 4.19. The van der Waals surface area contributed by atoms with Gasteiger partial charge in [-0.1, -0.05) is 35.9 Å². The molecule has 2 N–H and O–H groups in total. The van der Waals surface area contributed by atoms with Gasteiger partial charge in [-0.05, 0) is 63.4 Å². The summed E-state index contributed by atoms with van der Waals surface area (Å²) in [7, 11) is 3.54. The van der Waals surface area contributed by atoms with Crippen LogP contribution in [0.1, 0.15) is 63.5 Å². The lowest BCUT2D eigenvalue weighted by atomic mass is 9.71. The van der Waals surface area contributed by atoms with Crippen LogP contribution in [0.25, 0.3) is 6.08 Å². The Bertz CT molecular complexity index is 1950. The Labute approximate surface area is 285 Å². The molecular formula is C38H40N4O7. The van der Waals surface area contributed by atoms with Gasteiger partial charge in [0.25, 0.3) is 0 Å². The largest absolute Gasteiger partial charge is 0.504 e. The predicted molar refractivity (Wildman–Crippen MR) is 181 cm³/mol. The highest BCUT2D eigenvalue weighted by molar-refractivity contribution is 5.91. The standard InChI is InChI=1S/C38H40N4O7/c1-19-8-7-9-23(12-19)10-11-30(44)40-17-29-32-25(36(49-22(4)43)21(3)37-38(32)48-18-47-37)15-27-33-31-24(13-20(2)35(46-6)34(31)45)14-26(41(33)5)28(16-39)42(27)29/h7-13,26-29,33,45H,14-15,17-18H2,1-6H3,(H,40,44)/b11-10+/t26-,27?,28-,29-,33-/m0/s1. The number of carbonyl (C=O) groups is 2. The van der Waals surface area contributed by atoms with Crippen LogP contribution in [-0.4, -0.2) is 72.4 Å². The smallest absolute Gasteiger partial charge is 0.308 e. The van der Waals surface area contributed by atoms with Crippen LogP contribution in [0, 0.1) is 32.1 Å². The molecule has 1 fully saturated rings. The zero-order chi connectivity index (χ0) is 34.7. The number of aryl methyl sites for hydroxylation is 2. The lowest BCUT2D eigenvalue weighted by molar-refractivity contribution is -0.132. The number of piperazine rings is 1. The summed E-state index contributed by atoms with van der Waals surface area (Å²) in [5, 5.41) is 25.7. The molecule has 4 aliphatic rings. The van der Waals surface area contributed by atoms with Gasteiger partial charge in [0, 0.05) is 53.9 Å². The van der Waals surface area contributed by atoms with Crippen molar-refractivity contribution in [1.29, 1.82) is 5.26 Å². The van der Waals surface area contributed by atoms with Gasteiger partial charge in [-0.3, -0.25) is 19.4 Å². The lowest BCUT2D eigenvalue weighted by Crippen LogP contribution is -2.68. The van der Waals surface area contributed by atoms with Crippen LogP contribution in [0.15, 0.2) is 36.4 Å². The van der Waals surface area contributed by atoms with E-state index in [9.17, 15) is 20.0 Å². The van der Waals surface area contributed by atoms with Gasteiger partial charge >= 0.3 is 5.97 Å². The minimum atomic E-state index is -0.585. The van der Waals surface area contributed by atoms with Crippen molar-refractivity contribution in [3.05, 3.63) is 80.9 Å². The number of hydrogen-bond acceptors (Lipinski definition) is 10. The highest BCUT2D eigenvalue weighted by Crippen LogP contribution is 2.58. The lowest BCUT2D eigenvalue weighted by Gasteiger charge is -2.60. The van der Waals surface area contributed by atoms with Crippen molar-refractivity contribution in [3.63, 3.8) is 0 Å². The van der Waals surface area contributed by atoms with Crippen LogP contribution in [0.2, 0.25) is 0 Å². The number of methoxy groups -OCH3 is 1. The van der Waals surface area contributed by atoms with E-state index in [0.717, 1.165) is 38.9 Å². The number of hydrogen-bond donors (Lipinski definition) is 2. The topological polar surface area (TPSA) is 134 Å². The summed E-state index contributed by atoms with van der Waals surface area (Å²) in [6.45, 7) is 7.22. The number of ether oxygens (including phenoxy) is 4. The van der Waals surface area contributed by atoms with Crippen molar-refractivity contribution < 1.29 is 33.6 Å². The molecule has 254 valence electrons. The van der Waals surface area contributed by atoms with Crippen molar-refractivity contribution in [3.8, 4) is 34.8 Å². The molecule has 0 aliphatic carbocycles. The first-order valence-corrected chi connectivity index (χ1v) is 16.5. The van der Waals surface area contributed by atoms with Crippen LogP contribution in [-0.2, 0) is 22.4 Å². The molecule has 1 saturated heterocycles. The maximum absolute atomic E-state index is 13.4. The number of carbonyl (C=O) groups excluding carboxylic acids is 2. The quantitative estimate of drug-likeness (QED) is 0.219. The first-order chi connectivity index (χ1) is 23.5. The van der Waals surface area contributed by atoms with Gasteiger partial charge in [0.05, 0.1) is 25.3 Å². The molecule has 3 aromatic rings. The Morgan fingerprint density at radius 3 is 2.59 bits per heavy atom. The van der Waals surface area contributed by atoms with E-state index in [1.807, 2.05) is 58.2 Å². The summed E-state index contributed by atoms with van der Waals surface area (Å²) >= 11 is 0. The number of nitrogens with one attached hydrogen (secondary N) is 1. The molecule has 5 atom stereocenters. The van der Waals surface area contributed by atoms with Crippen molar-refractivity contribution in [2.24, 2.45) is 0 Å². The Kier molecular flexibility index (Phi) is 8.25. The van der Waals surface area contributed by atoms with Crippen LogP contribution >= 0.6 is 0 Å². The molecule has 2 bridgehead atoms. The molecule has 11 heteroatoms. The zero-order valence-electron chi connectivity index (χ0n) is 28.5. The molecule has 4 heterocycles. The molecule has 49 heavy (non-hydrogen) atoms. The number of aromatic hydroxyl groups is 1. The Hall–Kier alpha value is -5.05. The minimum absolute atomic E-state index is 0.00998. The maximum Gasteiger partial charge on any atom is 0.308 e. The molecule has 0 spiro atoms. The number of fused-ring (bicyclic) bond motifs is 9. The molecule has 0 aromatic heterocycles. The second kappa shape index (κ2) is 12.4. The average molecular weight is 665 g/mol. The van der Waals surface area contributed by atoms with E-state index in [2.05, 4.69) is 21.2 Å². The van der Waals surface area contributed by atoms with Crippen molar-refractivity contribution in [2.45, 2.75) is 70.7 Å². The number of benzene rings is 3. The Balaban J connectivity index is 1.38. The fourth-order valence-electron chi connectivity index (χ4n) is 8.51. The number of esters is 1. The molecule has 4 aliphatic heterocycles. The summed E-state index contributed by atoms with van der Waals surface area (Å²) in [4.78, 5) is 30.2. The number of nitrogens with zero attached hydrogens (tertiary/aromatic N) is 3. The van der Waals surface area contributed by atoms with Gasteiger partial charge in [0.1, 0.15) is 11.8 Å². The summed E-state index contributed by atoms with van der Waals surface area (Å²) in [6, 6.07) is 10.5.